The number of rotatable bonds is 6. The summed E-state index contributed by atoms with van der Waals surface area (Å²) >= 11 is 0. The average molecular weight is 220 g/mol. The fourth-order valence-corrected chi connectivity index (χ4v) is 1.39. The zero-order valence-corrected chi connectivity index (χ0v) is 10.6. The van der Waals surface area contributed by atoms with Crippen molar-refractivity contribution in [1.82, 2.24) is 0 Å². The quantitative estimate of drug-likeness (QED) is 0.641. The Kier molecular flexibility index (Phi) is 5.67. The SMILES string of the molecule is CCCC(C)(C#N)N=NC(C#N)(CC)CC. The summed E-state index contributed by atoms with van der Waals surface area (Å²) in [5, 5.41) is 26.3. The fraction of sp³-hybridized carbons (Fsp3) is 0.833. The molecule has 0 aromatic carbocycles. The molecule has 4 heteroatoms. The van der Waals surface area contributed by atoms with Crippen molar-refractivity contribution in [1.29, 1.82) is 10.5 Å². The van der Waals surface area contributed by atoms with Crippen molar-refractivity contribution in [3.63, 3.8) is 0 Å². The highest BCUT2D eigenvalue weighted by molar-refractivity contribution is 5.08. The minimum absolute atomic E-state index is 0.622. The van der Waals surface area contributed by atoms with Crippen LogP contribution in [-0.2, 0) is 0 Å². The van der Waals surface area contributed by atoms with E-state index in [4.69, 9.17) is 10.5 Å². The summed E-state index contributed by atoms with van der Waals surface area (Å²) in [7, 11) is 0. The molecule has 0 bridgehead atoms. The van der Waals surface area contributed by atoms with Crippen molar-refractivity contribution in [2.45, 2.75) is 64.5 Å². The van der Waals surface area contributed by atoms with E-state index in [2.05, 4.69) is 22.4 Å². The average Bonchev–Trinajstić information content (AvgIpc) is 2.32. The Bertz CT molecular complexity index is 317. The molecule has 0 radical (unpaired) electrons. The fourth-order valence-electron chi connectivity index (χ4n) is 1.39. The molecule has 88 valence electrons. The summed E-state index contributed by atoms with van der Waals surface area (Å²) < 4.78 is 0. The lowest BCUT2D eigenvalue weighted by atomic mass is 9.96. The number of nitriles is 2. The third kappa shape index (κ3) is 3.62. The normalized spacial score (nSPS) is 15.4. The Hall–Kier alpha value is -1.42. The van der Waals surface area contributed by atoms with Gasteiger partial charge in [0, 0.05) is 0 Å². The molecule has 0 aliphatic carbocycles. The van der Waals surface area contributed by atoms with Gasteiger partial charge in [-0.3, -0.25) is 0 Å². The summed E-state index contributed by atoms with van der Waals surface area (Å²) in [6.45, 7) is 7.58. The second kappa shape index (κ2) is 6.23. The monoisotopic (exact) mass is 220 g/mol. The summed E-state index contributed by atoms with van der Waals surface area (Å²) in [5.41, 5.74) is -1.55. The first-order valence-electron chi connectivity index (χ1n) is 5.78. The lowest BCUT2D eigenvalue weighted by Gasteiger charge is -2.20. The molecule has 0 fully saturated rings. The van der Waals surface area contributed by atoms with E-state index in [1.807, 2.05) is 20.8 Å². The Labute approximate surface area is 98.0 Å². The molecule has 0 heterocycles. The van der Waals surface area contributed by atoms with Gasteiger partial charge in [-0.2, -0.15) is 20.8 Å². The first kappa shape index (κ1) is 14.6. The molecule has 0 saturated heterocycles. The van der Waals surface area contributed by atoms with Gasteiger partial charge in [-0.1, -0.05) is 27.2 Å². The lowest BCUT2D eigenvalue weighted by Crippen LogP contribution is -2.25. The first-order valence-corrected chi connectivity index (χ1v) is 5.78. The number of hydrogen-bond acceptors (Lipinski definition) is 4. The van der Waals surface area contributed by atoms with Gasteiger partial charge >= 0.3 is 0 Å². The van der Waals surface area contributed by atoms with Crippen LogP contribution in [0.5, 0.6) is 0 Å². The van der Waals surface area contributed by atoms with Crippen LogP contribution in [0.1, 0.15) is 53.4 Å². The van der Waals surface area contributed by atoms with Crippen molar-refractivity contribution in [2.24, 2.45) is 10.2 Å². The minimum Gasteiger partial charge on any atom is -0.196 e. The van der Waals surface area contributed by atoms with Crippen LogP contribution in [-0.4, -0.2) is 11.1 Å². The molecule has 0 rings (SSSR count). The maximum Gasteiger partial charge on any atom is 0.167 e. The topological polar surface area (TPSA) is 72.3 Å². The van der Waals surface area contributed by atoms with Crippen molar-refractivity contribution < 1.29 is 0 Å². The van der Waals surface area contributed by atoms with E-state index >= 15 is 0 Å². The summed E-state index contributed by atoms with van der Waals surface area (Å²) in [6, 6.07) is 4.34. The number of hydrogen-bond donors (Lipinski definition) is 0. The zero-order valence-electron chi connectivity index (χ0n) is 10.6. The Balaban J connectivity index is 4.94. The highest BCUT2D eigenvalue weighted by Gasteiger charge is 2.28. The van der Waals surface area contributed by atoms with Gasteiger partial charge in [0.1, 0.15) is 0 Å². The van der Waals surface area contributed by atoms with Crippen molar-refractivity contribution in [3.05, 3.63) is 0 Å². The third-order valence-corrected chi connectivity index (χ3v) is 2.82. The van der Waals surface area contributed by atoms with Crippen LogP contribution in [0.25, 0.3) is 0 Å². The van der Waals surface area contributed by atoms with E-state index in [-0.39, 0.29) is 0 Å². The third-order valence-electron chi connectivity index (χ3n) is 2.82. The molecule has 1 atom stereocenters. The van der Waals surface area contributed by atoms with Gasteiger partial charge in [-0.15, -0.1) is 0 Å². The summed E-state index contributed by atoms with van der Waals surface area (Å²) in [4.78, 5) is 0. The van der Waals surface area contributed by atoms with Gasteiger partial charge in [-0.05, 0) is 26.2 Å². The first-order chi connectivity index (χ1) is 7.51. The molecule has 0 aromatic heterocycles. The van der Waals surface area contributed by atoms with E-state index in [0.29, 0.717) is 19.3 Å². The highest BCUT2D eigenvalue weighted by Crippen LogP contribution is 2.24. The van der Waals surface area contributed by atoms with Gasteiger partial charge in [0.25, 0.3) is 0 Å². The molecular weight excluding hydrogens is 200 g/mol. The molecule has 0 saturated carbocycles. The van der Waals surface area contributed by atoms with E-state index < -0.39 is 11.1 Å². The van der Waals surface area contributed by atoms with Crippen LogP contribution < -0.4 is 0 Å². The van der Waals surface area contributed by atoms with Crippen LogP contribution in [0.3, 0.4) is 0 Å². The lowest BCUT2D eigenvalue weighted by molar-refractivity contribution is 0.429. The molecule has 4 nitrogen and oxygen atoms in total. The largest absolute Gasteiger partial charge is 0.196 e. The Morgan fingerprint density at radius 2 is 1.56 bits per heavy atom. The maximum absolute atomic E-state index is 9.09. The standard InChI is InChI=1S/C12H20N4/c1-5-8-11(4,9-13)15-16-12(6-2,7-3)10-14/h5-8H2,1-4H3. The Morgan fingerprint density at radius 1 is 1.00 bits per heavy atom. The number of nitrogens with zero attached hydrogens (tertiary/aromatic N) is 4. The molecule has 0 aromatic rings. The molecule has 0 aliphatic heterocycles. The van der Waals surface area contributed by atoms with Crippen LogP contribution >= 0.6 is 0 Å². The second-order valence-electron chi connectivity index (χ2n) is 4.19. The predicted molar refractivity (Wildman–Crippen MR) is 62.7 cm³/mol. The van der Waals surface area contributed by atoms with Gasteiger partial charge in [-0.25, -0.2) is 0 Å². The minimum atomic E-state index is -0.790. The molecule has 1 unspecified atom stereocenters. The van der Waals surface area contributed by atoms with Crippen molar-refractivity contribution >= 4 is 0 Å². The van der Waals surface area contributed by atoms with Gasteiger partial charge < -0.3 is 0 Å². The number of azo groups is 1. The predicted octanol–water partition coefficient (Wildman–Crippen LogP) is 3.60. The Morgan fingerprint density at radius 3 is 1.88 bits per heavy atom. The molecule has 0 amide bonds. The van der Waals surface area contributed by atoms with E-state index in [9.17, 15) is 0 Å². The molecular formula is C12H20N4. The van der Waals surface area contributed by atoms with Crippen LogP contribution in [0.2, 0.25) is 0 Å². The summed E-state index contributed by atoms with van der Waals surface area (Å²) in [5.74, 6) is 0. The van der Waals surface area contributed by atoms with E-state index in [1.54, 1.807) is 6.92 Å². The molecule has 16 heavy (non-hydrogen) atoms. The van der Waals surface area contributed by atoms with Crippen LogP contribution in [0.15, 0.2) is 10.2 Å². The highest BCUT2D eigenvalue weighted by atomic mass is 15.2. The second-order valence-corrected chi connectivity index (χ2v) is 4.19. The van der Waals surface area contributed by atoms with Crippen LogP contribution in [0, 0.1) is 22.7 Å². The van der Waals surface area contributed by atoms with E-state index in [0.717, 1.165) is 6.42 Å². The maximum atomic E-state index is 9.09. The van der Waals surface area contributed by atoms with E-state index in [1.165, 1.54) is 0 Å². The smallest absolute Gasteiger partial charge is 0.167 e. The van der Waals surface area contributed by atoms with Crippen LogP contribution in [0.4, 0.5) is 0 Å². The van der Waals surface area contributed by atoms with Crippen molar-refractivity contribution in [3.8, 4) is 12.1 Å². The summed E-state index contributed by atoms with van der Waals surface area (Å²) in [6.07, 6.45) is 2.79. The van der Waals surface area contributed by atoms with Crippen molar-refractivity contribution in [2.75, 3.05) is 0 Å². The molecule has 0 spiro atoms. The van der Waals surface area contributed by atoms with Gasteiger partial charge in [0.05, 0.1) is 12.1 Å². The molecule has 0 N–H and O–H groups in total. The van der Waals surface area contributed by atoms with Gasteiger partial charge in [0.2, 0.25) is 0 Å². The zero-order chi connectivity index (χ0) is 12.7. The van der Waals surface area contributed by atoms with Gasteiger partial charge in [0.15, 0.2) is 11.1 Å². The molecule has 0 aliphatic rings.